The molecule has 14 heavy (non-hydrogen) atoms. The molecule has 0 aromatic carbocycles. The van der Waals surface area contributed by atoms with Crippen LogP contribution < -0.4 is 10.0 Å². The van der Waals surface area contributed by atoms with E-state index in [2.05, 4.69) is 10.0 Å². The summed E-state index contributed by atoms with van der Waals surface area (Å²) in [5, 5.41) is 3.46. The zero-order valence-electron chi connectivity index (χ0n) is 8.54. The molecular weight excluding hydrogens is 200 g/mol. The summed E-state index contributed by atoms with van der Waals surface area (Å²) in [6, 6.07) is 0.539. The molecule has 82 valence electrons. The van der Waals surface area contributed by atoms with Crippen molar-refractivity contribution in [2.75, 3.05) is 19.3 Å². The topological polar surface area (TPSA) is 58.2 Å². The van der Waals surface area contributed by atoms with Gasteiger partial charge in [0.25, 0.3) is 0 Å². The van der Waals surface area contributed by atoms with E-state index in [9.17, 15) is 8.42 Å². The number of hydrogen-bond donors (Lipinski definition) is 2. The Bertz CT molecular complexity index is 303. The van der Waals surface area contributed by atoms with Gasteiger partial charge in [-0.1, -0.05) is 6.42 Å². The van der Waals surface area contributed by atoms with Crippen molar-refractivity contribution in [2.45, 2.75) is 31.7 Å². The molecule has 2 atom stereocenters. The average Bonchev–Trinajstić information content (AvgIpc) is 2.56. The van der Waals surface area contributed by atoms with Crippen LogP contribution in [-0.2, 0) is 10.0 Å². The monoisotopic (exact) mass is 218 g/mol. The second-order valence-electron chi connectivity index (χ2n) is 4.60. The highest BCUT2D eigenvalue weighted by Gasteiger charge is 2.45. The molecule has 0 aromatic rings. The first-order valence-corrected chi connectivity index (χ1v) is 7.09. The van der Waals surface area contributed by atoms with E-state index < -0.39 is 10.0 Å². The Balaban J connectivity index is 2.01. The van der Waals surface area contributed by atoms with Crippen LogP contribution in [0.4, 0.5) is 0 Å². The highest BCUT2D eigenvalue weighted by atomic mass is 32.2. The zero-order valence-corrected chi connectivity index (χ0v) is 9.36. The van der Waals surface area contributed by atoms with Crippen LogP contribution in [0.25, 0.3) is 0 Å². The summed E-state index contributed by atoms with van der Waals surface area (Å²) in [4.78, 5) is 0. The van der Waals surface area contributed by atoms with E-state index in [1.807, 2.05) is 0 Å². The van der Waals surface area contributed by atoms with Crippen molar-refractivity contribution in [1.29, 1.82) is 0 Å². The quantitative estimate of drug-likeness (QED) is 0.704. The fraction of sp³-hybridized carbons (Fsp3) is 1.00. The van der Waals surface area contributed by atoms with Crippen molar-refractivity contribution in [3.8, 4) is 0 Å². The van der Waals surface area contributed by atoms with Crippen molar-refractivity contribution >= 4 is 10.0 Å². The van der Waals surface area contributed by atoms with Gasteiger partial charge in [-0.3, -0.25) is 0 Å². The second kappa shape index (κ2) is 3.47. The van der Waals surface area contributed by atoms with Gasteiger partial charge in [-0.15, -0.1) is 0 Å². The molecule has 2 rings (SSSR count). The van der Waals surface area contributed by atoms with E-state index in [4.69, 9.17) is 0 Å². The summed E-state index contributed by atoms with van der Waals surface area (Å²) in [7, 11) is -3.03. The summed E-state index contributed by atoms with van der Waals surface area (Å²) in [5.41, 5.74) is 0.211. The van der Waals surface area contributed by atoms with E-state index in [0.29, 0.717) is 12.6 Å². The molecule has 0 spiro atoms. The lowest BCUT2D eigenvalue weighted by molar-refractivity contribution is 0.287. The molecule has 2 aliphatic rings. The fourth-order valence-corrected chi connectivity index (χ4v) is 3.38. The van der Waals surface area contributed by atoms with Gasteiger partial charge in [0.1, 0.15) is 0 Å². The van der Waals surface area contributed by atoms with Gasteiger partial charge in [-0.2, -0.15) is 0 Å². The third-order valence-electron chi connectivity index (χ3n) is 3.61. The van der Waals surface area contributed by atoms with E-state index in [1.165, 1.54) is 19.1 Å². The first-order chi connectivity index (χ1) is 6.52. The van der Waals surface area contributed by atoms with Crippen LogP contribution in [0.5, 0.6) is 0 Å². The Hall–Kier alpha value is -0.130. The molecular formula is C9H18N2O2S. The van der Waals surface area contributed by atoms with Crippen LogP contribution in [0.1, 0.15) is 25.7 Å². The predicted octanol–water partition coefficient (Wildman–Crippen LogP) is 0.0678. The minimum Gasteiger partial charge on any atom is -0.313 e. The summed E-state index contributed by atoms with van der Waals surface area (Å²) in [6.07, 6.45) is 5.93. The molecule has 1 saturated heterocycles. The summed E-state index contributed by atoms with van der Waals surface area (Å²) >= 11 is 0. The Morgan fingerprint density at radius 3 is 3.00 bits per heavy atom. The lowest BCUT2D eigenvalue weighted by Gasteiger charge is -2.28. The maximum absolute atomic E-state index is 11.0. The van der Waals surface area contributed by atoms with Crippen molar-refractivity contribution in [3.63, 3.8) is 0 Å². The number of rotatable bonds is 3. The maximum Gasteiger partial charge on any atom is 0.208 e. The lowest BCUT2D eigenvalue weighted by atomic mass is 9.83. The van der Waals surface area contributed by atoms with Crippen LogP contribution in [0.15, 0.2) is 0 Å². The molecule has 4 nitrogen and oxygen atoms in total. The Morgan fingerprint density at radius 2 is 2.29 bits per heavy atom. The Labute approximate surface area is 85.5 Å². The van der Waals surface area contributed by atoms with Crippen LogP contribution in [0.2, 0.25) is 0 Å². The summed E-state index contributed by atoms with van der Waals surface area (Å²) < 4.78 is 24.7. The van der Waals surface area contributed by atoms with Crippen molar-refractivity contribution in [3.05, 3.63) is 0 Å². The van der Waals surface area contributed by atoms with Crippen LogP contribution in [0.3, 0.4) is 0 Å². The third-order valence-corrected chi connectivity index (χ3v) is 4.28. The van der Waals surface area contributed by atoms with Gasteiger partial charge >= 0.3 is 0 Å². The van der Waals surface area contributed by atoms with Gasteiger partial charge in [0, 0.05) is 18.0 Å². The minimum absolute atomic E-state index is 0.211. The molecule has 5 heteroatoms. The van der Waals surface area contributed by atoms with Crippen molar-refractivity contribution < 1.29 is 8.42 Å². The molecule has 0 amide bonds. The largest absolute Gasteiger partial charge is 0.313 e. The van der Waals surface area contributed by atoms with Gasteiger partial charge in [-0.05, 0) is 25.8 Å². The van der Waals surface area contributed by atoms with Crippen LogP contribution in [-0.4, -0.2) is 33.8 Å². The van der Waals surface area contributed by atoms with Gasteiger partial charge in [0.15, 0.2) is 0 Å². The molecule has 0 aromatic heterocycles. The number of nitrogens with one attached hydrogen (secondary N) is 2. The van der Waals surface area contributed by atoms with Gasteiger partial charge < -0.3 is 5.32 Å². The van der Waals surface area contributed by atoms with Gasteiger partial charge in [0.05, 0.1) is 6.26 Å². The number of fused-ring (bicyclic) bond motifs is 1. The third kappa shape index (κ3) is 1.94. The molecule has 2 N–H and O–H groups in total. The number of hydrogen-bond acceptors (Lipinski definition) is 3. The van der Waals surface area contributed by atoms with Crippen molar-refractivity contribution in [2.24, 2.45) is 5.41 Å². The number of sulfonamides is 1. The lowest BCUT2D eigenvalue weighted by Crippen LogP contribution is -2.41. The molecule has 1 saturated carbocycles. The smallest absolute Gasteiger partial charge is 0.208 e. The van der Waals surface area contributed by atoms with Crippen molar-refractivity contribution in [1.82, 2.24) is 10.0 Å². The Kier molecular flexibility index (Phi) is 2.57. The zero-order chi connectivity index (χ0) is 10.2. The molecule has 1 aliphatic heterocycles. The molecule has 0 radical (unpaired) electrons. The van der Waals surface area contributed by atoms with E-state index in [-0.39, 0.29) is 5.41 Å². The van der Waals surface area contributed by atoms with Gasteiger partial charge in [0.2, 0.25) is 10.0 Å². The highest BCUT2D eigenvalue weighted by Crippen LogP contribution is 2.43. The SMILES string of the molecule is CS(=O)(=O)NC[C@]12CCC[C@H]1NCC2. The molecule has 0 unspecified atom stereocenters. The molecule has 2 fully saturated rings. The van der Waals surface area contributed by atoms with Gasteiger partial charge in [-0.25, -0.2) is 13.1 Å². The van der Waals surface area contributed by atoms with E-state index >= 15 is 0 Å². The summed E-state index contributed by atoms with van der Waals surface area (Å²) in [6.45, 7) is 1.65. The molecule has 0 bridgehead atoms. The summed E-state index contributed by atoms with van der Waals surface area (Å²) in [5.74, 6) is 0. The van der Waals surface area contributed by atoms with E-state index in [0.717, 1.165) is 19.4 Å². The normalized spacial score (nSPS) is 37.4. The Morgan fingerprint density at radius 1 is 1.50 bits per heavy atom. The standard InChI is InChI=1S/C9H18N2O2S/c1-14(12,13)11-7-9-4-2-3-8(9)10-6-5-9/h8,10-11H,2-7H2,1H3/t8-,9-/m1/s1. The van der Waals surface area contributed by atoms with Crippen LogP contribution in [0, 0.1) is 5.41 Å². The fourth-order valence-electron chi connectivity index (χ4n) is 2.83. The van der Waals surface area contributed by atoms with Crippen LogP contribution >= 0.6 is 0 Å². The second-order valence-corrected chi connectivity index (χ2v) is 6.44. The highest BCUT2D eigenvalue weighted by molar-refractivity contribution is 7.88. The maximum atomic E-state index is 11.0. The first-order valence-electron chi connectivity index (χ1n) is 5.20. The minimum atomic E-state index is -3.03. The molecule has 1 heterocycles. The van der Waals surface area contributed by atoms with E-state index in [1.54, 1.807) is 0 Å². The first kappa shape index (κ1) is 10.4. The average molecular weight is 218 g/mol. The molecule has 1 aliphatic carbocycles. The predicted molar refractivity (Wildman–Crippen MR) is 55.5 cm³/mol.